The largest absolute Gasteiger partial charge is 0.465 e. The molecule has 0 amide bonds. The van der Waals surface area contributed by atoms with Gasteiger partial charge >= 0.3 is 13.7 Å². The number of para-hydroxylation sites is 1. The van der Waals surface area contributed by atoms with Gasteiger partial charge in [-0.25, -0.2) is 9.55 Å². The average molecular weight is 591 g/mol. The Morgan fingerprint density at radius 3 is 2.71 bits per heavy atom. The maximum Gasteiger partial charge on any atom is 0.459 e. The number of hydrogen-bond donors (Lipinski definition) is 4. The van der Waals surface area contributed by atoms with Crippen molar-refractivity contribution in [1.82, 2.24) is 24.6 Å². The number of anilines is 2. The van der Waals surface area contributed by atoms with Crippen LogP contribution in [0.5, 0.6) is 5.75 Å². The van der Waals surface area contributed by atoms with Crippen LogP contribution in [0.15, 0.2) is 36.7 Å². The van der Waals surface area contributed by atoms with E-state index in [1.807, 2.05) is 0 Å². The van der Waals surface area contributed by atoms with E-state index in [2.05, 4.69) is 24.9 Å². The number of rotatable bonds is 11. The molecule has 5 rings (SSSR count). The standard InChI is InChI=1S/C25H35N8O7P/c1-4-37-22(35)15(2)31-41(36,40-16-9-6-5-7-10-16)38-13-17-19(34)25(3,27)23(39-17)33-14-28-18-20(32-11-8-12-32)29-24(26)30-21(18)33/h5-7,9-10,14-15,17,19,23,34H,4,8,11-13,27H2,1-3H3,(H,31,36)(H2,26,29,30). The lowest BCUT2D eigenvalue weighted by Gasteiger charge is -2.32. The van der Waals surface area contributed by atoms with Crippen LogP contribution in [-0.4, -0.2) is 80.7 Å². The van der Waals surface area contributed by atoms with Crippen molar-refractivity contribution in [2.75, 3.05) is 36.9 Å². The van der Waals surface area contributed by atoms with Gasteiger partial charge in [-0.3, -0.25) is 13.9 Å². The van der Waals surface area contributed by atoms with E-state index in [1.165, 1.54) is 13.3 Å². The Kier molecular flexibility index (Phi) is 8.19. The van der Waals surface area contributed by atoms with Gasteiger partial charge in [0, 0.05) is 13.1 Å². The van der Waals surface area contributed by atoms with Gasteiger partial charge in [0.1, 0.15) is 24.0 Å². The third kappa shape index (κ3) is 5.87. The Hall–Kier alpha value is -3.33. The van der Waals surface area contributed by atoms with Crippen molar-refractivity contribution < 1.29 is 33.0 Å². The first kappa shape index (κ1) is 29.2. The fourth-order valence-corrected chi connectivity index (χ4v) is 6.21. The number of aliphatic hydroxyl groups is 1. The van der Waals surface area contributed by atoms with Gasteiger partial charge in [0.15, 0.2) is 23.2 Å². The number of nitrogens with zero attached hydrogens (tertiary/aromatic N) is 5. The predicted molar refractivity (Wildman–Crippen MR) is 149 cm³/mol. The fourth-order valence-electron chi connectivity index (χ4n) is 4.71. The zero-order valence-corrected chi connectivity index (χ0v) is 23.9. The SMILES string of the molecule is CCOC(=O)C(C)NP(=O)(OCC1OC(n2cnc3c(N4CCC4)nc(N)nc32)C(C)(N)C1O)Oc1ccccc1. The van der Waals surface area contributed by atoms with E-state index in [9.17, 15) is 14.5 Å². The first-order chi connectivity index (χ1) is 19.5. The summed E-state index contributed by atoms with van der Waals surface area (Å²) in [7, 11) is -4.18. The molecule has 1 aromatic carbocycles. The maximum atomic E-state index is 13.8. The number of hydrogen-bond acceptors (Lipinski definition) is 13. The van der Waals surface area contributed by atoms with Crippen molar-refractivity contribution in [2.45, 2.75) is 57.2 Å². The van der Waals surface area contributed by atoms with Gasteiger partial charge in [-0.2, -0.15) is 15.1 Å². The molecule has 2 saturated heterocycles. The van der Waals surface area contributed by atoms with Crippen LogP contribution in [0.2, 0.25) is 0 Å². The molecule has 6 unspecified atom stereocenters. The molecule has 222 valence electrons. The van der Waals surface area contributed by atoms with Crippen LogP contribution in [-0.2, 0) is 23.4 Å². The lowest BCUT2D eigenvalue weighted by Crippen LogP contribution is -2.52. The second-order valence-corrected chi connectivity index (χ2v) is 11.9. The third-order valence-electron chi connectivity index (χ3n) is 7.02. The van der Waals surface area contributed by atoms with Crippen LogP contribution in [0.4, 0.5) is 11.8 Å². The molecule has 0 bridgehead atoms. The Labute approximate surface area is 236 Å². The number of benzene rings is 1. The quantitative estimate of drug-likeness (QED) is 0.184. The molecule has 0 saturated carbocycles. The summed E-state index contributed by atoms with van der Waals surface area (Å²) in [6, 6.07) is 7.32. The molecule has 6 atom stereocenters. The zero-order chi connectivity index (χ0) is 29.4. The van der Waals surface area contributed by atoms with Crippen molar-refractivity contribution in [3.8, 4) is 5.75 Å². The Morgan fingerprint density at radius 2 is 2.05 bits per heavy atom. The number of nitrogen functional groups attached to an aromatic ring is 1. The van der Waals surface area contributed by atoms with Crippen molar-refractivity contribution >= 4 is 36.6 Å². The van der Waals surface area contributed by atoms with Crippen LogP contribution in [0.3, 0.4) is 0 Å². The highest BCUT2D eigenvalue weighted by Gasteiger charge is 2.53. The van der Waals surface area contributed by atoms with Crippen molar-refractivity contribution in [2.24, 2.45) is 5.73 Å². The van der Waals surface area contributed by atoms with Gasteiger partial charge < -0.3 is 35.5 Å². The number of aromatic nitrogens is 4. The van der Waals surface area contributed by atoms with Crippen LogP contribution in [0.25, 0.3) is 11.2 Å². The highest BCUT2D eigenvalue weighted by Crippen LogP contribution is 2.47. The minimum Gasteiger partial charge on any atom is -0.465 e. The highest BCUT2D eigenvalue weighted by atomic mass is 31.2. The van der Waals surface area contributed by atoms with Gasteiger partial charge in [-0.05, 0) is 39.3 Å². The monoisotopic (exact) mass is 590 g/mol. The van der Waals surface area contributed by atoms with Crippen LogP contribution in [0, 0.1) is 0 Å². The molecular weight excluding hydrogens is 555 g/mol. The van der Waals surface area contributed by atoms with E-state index in [0.717, 1.165) is 19.5 Å². The van der Waals surface area contributed by atoms with E-state index in [0.29, 0.717) is 17.0 Å². The number of nitrogens with one attached hydrogen (secondary N) is 1. The number of ether oxygens (including phenoxy) is 2. The van der Waals surface area contributed by atoms with E-state index in [1.54, 1.807) is 48.7 Å². The van der Waals surface area contributed by atoms with E-state index < -0.39 is 43.7 Å². The molecule has 6 N–H and O–H groups in total. The molecule has 0 radical (unpaired) electrons. The number of fused-ring (bicyclic) bond motifs is 1. The topological polar surface area (TPSA) is 202 Å². The normalized spacial score (nSPS) is 26.4. The number of imidazole rings is 1. The predicted octanol–water partition coefficient (Wildman–Crippen LogP) is 1.34. The summed E-state index contributed by atoms with van der Waals surface area (Å²) in [4.78, 5) is 27.5. The van der Waals surface area contributed by atoms with E-state index >= 15 is 0 Å². The number of aliphatic hydroxyl groups excluding tert-OH is 1. The third-order valence-corrected chi connectivity index (χ3v) is 8.67. The van der Waals surface area contributed by atoms with Gasteiger partial charge in [0.05, 0.1) is 25.1 Å². The maximum absolute atomic E-state index is 13.8. The molecule has 41 heavy (non-hydrogen) atoms. The summed E-state index contributed by atoms with van der Waals surface area (Å²) < 4.78 is 38.0. The molecular formula is C25H35N8O7P. The van der Waals surface area contributed by atoms with Crippen molar-refractivity contribution in [3.05, 3.63) is 36.7 Å². The average Bonchev–Trinajstić information content (AvgIpc) is 3.40. The minimum absolute atomic E-state index is 0.0686. The Balaban J connectivity index is 1.37. The van der Waals surface area contributed by atoms with Crippen molar-refractivity contribution in [3.63, 3.8) is 0 Å². The van der Waals surface area contributed by atoms with Crippen LogP contribution >= 0.6 is 7.75 Å². The lowest BCUT2D eigenvalue weighted by molar-refractivity contribution is -0.144. The number of esters is 1. The smallest absolute Gasteiger partial charge is 0.459 e. The van der Waals surface area contributed by atoms with E-state index in [4.69, 9.17) is 30.0 Å². The summed E-state index contributed by atoms with van der Waals surface area (Å²) in [5.41, 5.74) is 12.2. The molecule has 0 aliphatic carbocycles. The van der Waals surface area contributed by atoms with Gasteiger partial charge in [-0.1, -0.05) is 18.2 Å². The highest BCUT2D eigenvalue weighted by molar-refractivity contribution is 7.52. The molecule has 2 aliphatic rings. The van der Waals surface area contributed by atoms with Gasteiger partial charge in [0.2, 0.25) is 5.95 Å². The summed E-state index contributed by atoms with van der Waals surface area (Å²) >= 11 is 0. The lowest BCUT2D eigenvalue weighted by atomic mass is 9.93. The minimum atomic E-state index is -4.18. The zero-order valence-electron chi connectivity index (χ0n) is 23.0. The fraction of sp³-hybridized carbons (Fsp3) is 0.520. The first-order valence-electron chi connectivity index (χ1n) is 13.3. The molecule has 2 aliphatic heterocycles. The second kappa shape index (κ2) is 11.5. The van der Waals surface area contributed by atoms with E-state index in [-0.39, 0.29) is 24.9 Å². The number of carbonyl (C=O) groups excluding carboxylic acids is 1. The molecule has 0 spiro atoms. The van der Waals surface area contributed by atoms with Crippen molar-refractivity contribution in [1.29, 1.82) is 0 Å². The van der Waals surface area contributed by atoms with Crippen LogP contribution in [0.1, 0.15) is 33.4 Å². The number of nitrogens with two attached hydrogens (primary N) is 2. The molecule has 4 heterocycles. The summed E-state index contributed by atoms with van der Waals surface area (Å²) in [5, 5.41) is 13.8. The molecule has 2 fully saturated rings. The van der Waals surface area contributed by atoms with Gasteiger partial charge in [0.25, 0.3) is 0 Å². The number of carbonyl (C=O) groups is 1. The molecule has 2 aromatic heterocycles. The summed E-state index contributed by atoms with van der Waals surface area (Å²) in [5.74, 6) is 0.300. The first-order valence-corrected chi connectivity index (χ1v) is 14.9. The molecule has 3 aromatic rings. The van der Waals surface area contributed by atoms with Gasteiger partial charge in [-0.15, -0.1) is 0 Å². The molecule has 16 heteroatoms. The Bertz CT molecular complexity index is 1430. The summed E-state index contributed by atoms with van der Waals surface area (Å²) in [6.07, 6.45) is -0.673. The molecule has 15 nitrogen and oxygen atoms in total. The van der Waals surface area contributed by atoms with Crippen LogP contribution < -0.4 is 26.0 Å². The summed E-state index contributed by atoms with van der Waals surface area (Å²) in [6.45, 7) is 6.18. The second-order valence-electron chi connectivity index (χ2n) is 10.2. The Morgan fingerprint density at radius 1 is 1.32 bits per heavy atom.